The highest BCUT2D eigenvalue weighted by Gasteiger charge is 2.15. The summed E-state index contributed by atoms with van der Waals surface area (Å²) in [5.74, 6) is 0.166. The average Bonchev–Trinajstić information content (AvgIpc) is 2.93. The maximum atomic E-state index is 12.5. The molecule has 3 N–H and O–H groups in total. The molecule has 6 heteroatoms. The summed E-state index contributed by atoms with van der Waals surface area (Å²) in [6, 6.07) is 19.7. The number of H-pyrrole nitrogens is 1. The van der Waals surface area contributed by atoms with Crippen LogP contribution in [0.15, 0.2) is 65.5 Å². The summed E-state index contributed by atoms with van der Waals surface area (Å²) in [5, 5.41) is 0. The minimum absolute atomic E-state index is 0.166. The topological polar surface area (TPSA) is 89.6 Å². The van der Waals surface area contributed by atoms with E-state index in [-0.39, 0.29) is 11.6 Å². The highest BCUT2D eigenvalue weighted by molar-refractivity contribution is 5.75. The summed E-state index contributed by atoms with van der Waals surface area (Å²) in [5.41, 5.74) is 9.69. The van der Waals surface area contributed by atoms with Gasteiger partial charge in [0.15, 0.2) is 5.65 Å². The van der Waals surface area contributed by atoms with Crippen molar-refractivity contribution in [3.8, 4) is 0 Å². The summed E-state index contributed by atoms with van der Waals surface area (Å²) in [6.45, 7) is 0.431. The molecule has 0 atom stereocenters. The van der Waals surface area contributed by atoms with Gasteiger partial charge in [-0.25, -0.2) is 9.78 Å². The minimum atomic E-state index is -0.215. The molecule has 0 radical (unpaired) electrons. The Hall–Kier alpha value is -3.41. The van der Waals surface area contributed by atoms with E-state index in [1.807, 2.05) is 60.7 Å². The number of imidazole rings is 1. The van der Waals surface area contributed by atoms with E-state index in [9.17, 15) is 4.79 Å². The van der Waals surface area contributed by atoms with Gasteiger partial charge in [0.1, 0.15) is 5.52 Å². The highest BCUT2D eigenvalue weighted by atomic mass is 16.1. The normalized spacial score (nSPS) is 11.0. The first-order valence-corrected chi connectivity index (χ1v) is 8.03. The summed E-state index contributed by atoms with van der Waals surface area (Å²) in [7, 11) is 0. The van der Waals surface area contributed by atoms with Crippen molar-refractivity contribution in [2.75, 3.05) is 5.73 Å². The Morgan fingerprint density at radius 1 is 0.920 bits per heavy atom. The molecule has 0 fully saturated rings. The molecule has 0 spiro atoms. The molecule has 2 heterocycles. The third-order valence-corrected chi connectivity index (χ3v) is 4.11. The van der Waals surface area contributed by atoms with E-state index < -0.39 is 0 Å². The highest BCUT2D eigenvalue weighted by Crippen LogP contribution is 2.18. The number of nitrogens with one attached hydrogen (secondary N) is 1. The molecule has 2 aromatic heterocycles. The first kappa shape index (κ1) is 15.1. The van der Waals surface area contributed by atoms with Crippen LogP contribution in [0.25, 0.3) is 11.2 Å². The second kappa shape index (κ2) is 6.24. The number of aromatic amines is 1. The number of fused-ring (bicyclic) bond motifs is 1. The zero-order chi connectivity index (χ0) is 17.2. The summed E-state index contributed by atoms with van der Waals surface area (Å²) in [6.07, 6.45) is 0.579. The molecule has 0 unspecified atom stereocenters. The van der Waals surface area contributed by atoms with Gasteiger partial charge in [0, 0.05) is 6.42 Å². The van der Waals surface area contributed by atoms with Gasteiger partial charge in [-0.3, -0.25) is 4.57 Å². The van der Waals surface area contributed by atoms with Gasteiger partial charge in [0.05, 0.1) is 12.2 Å². The largest absolute Gasteiger partial charge is 0.368 e. The van der Waals surface area contributed by atoms with Crippen LogP contribution in [0.2, 0.25) is 0 Å². The minimum Gasteiger partial charge on any atom is -0.368 e. The maximum Gasteiger partial charge on any atom is 0.328 e. The predicted octanol–water partition coefficient (Wildman–Crippen LogP) is 2.34. The van der Waals surface area contributed by atoms with Crippen molar-refractivity contribution in [1.82, 2.24) is 19.5 Å². The van der Waals surface area contributed by atoms with E-state index in [4.69, 9.17) is 5.73 Å². The van der Waals surface area contributed by atoms with E-state index in [0.29, 0.717) is 24.1 Å². The van der Waals surface area contributed by atoms with Gasteiger partial charge in [-0.1, -0.05) is 60.7 Å². The molecule has 0 amide bonds. The molecular formula is C19H17N5O. The van der Waals surface area contributed by atoms with Crippen LogP contribution in [-0.4, -0.2) is 19.5 Å². The fourth-order valence-electron chi connectivity index (χ4n) is 2.94. The van der Waals surface area contributed by atoms with Gasteiger partial charge in [-0.15, -0.1) is 0 Å². The van der Waals surface area contributed by atoms with Gasteiger partial charge in [-0.05, 0) is 11.1 Å². The molecule has 4 rings (SSSR count). The summed E-state index contributed by atoms with van der Waals surface area (Å²) < 4.78 is 1.59. The molecule has 124 valence electrons. The lowest BCUT2D eigenvalue weighted by Crippen LogP contribution is -2.17. The Kier molecular flexibility index (Phi) is 3.78. The van der Waals surface area contributed by atoms with Gasteiger partial charge in [0.2, 0.25) is 5.95 Å². The smallest absolute Gasteiger partial charge is 0.328 e. The molecule has 0 saturated carbocycles. The van der Waals surface area contributed by atoms with Crippen molar-refractivity contribution in [3.05, 3.63) is 88.0 Å². The van der Waals surface area contributed by atoms with E-state index in [0.717, 1.165) is 16.8 Å². The first-order chi connectivity index (χ1) is 12.2. The van der Waals surface area contributed by atoms with Crippen molar-refractivity contribution >= 4 is 17.1 Å². The van der Waals surface area contributed by atoms with E-state index in [1.165, 1.54) is 0 Å². The molecule has 2 aromatic carbocycles. The average molecular weight is 331 g/mol. The lowest BCUT2D eigenvalue weighted by Gasteiger charge is -2.06. The third-order valence-electron chi connectivity index (χ3n) is 4.11. The number of benzene rings is 2. The Morgan fingerprint density at radius 3 is 2.24 bits per heavy atom. The number of nitrogens with two attached hydrogens (primary N) is 1. The molecule has 6 nitrogen and oxygen atoms in total. The third kappa shape index (κ3) is 3.01. The van der Waals surface area contributed by atoms with Crippen molar-refractivity contribution in [2.45, 2.75) is 13.0 Å². The molecule has 0 saturated heterocycles. The molecular weight excluding hydrogens is 314 g/mol. The monoisotopic (exact) mass is 331 g/mol. The molecule has 0 aliphatic carbocycles. The van der Waals surface area contributed by atoms with E-state index in [1.54, 1.807) is 4.57 Å². The lowest BCUT2D eigenvalue weighted by atomic mass is 10.1. The zero-order valence-corrected chi connectivity index (χ0v) is 13.5. The number of rotatable bonds is 4. The van der Waals surface area contributed by atoms with Crippen molar-refractivity contribution < 1.29 is 0 Å². The lowest BCUT2D eigenvalue weighted by molar-refractivity contribution is 0.778. The van der Waals surface area contributed by atoms with Crippen LogP contribution < -0.4 is 11.4 Å². The standard InChI is InChI=1S/C19H17N5O/c20-18-21-15(11-13-7-3-1-4-8-13)16-17(23-18)24(19(25)22-16)12-14-9-5-2-6-10-14/h1-10H,11-12H2,(H,22,25)(H2,20,21,23). The van der Waals surface area contributed by atoms with Crippen LogP contribution in [0.4, 0.5) is 5.95 Å². The Labute approximate surface area is 144 Å². The summed E-state index contributed by atoms with van der Waals surface area (Å²) >= 11 is 0. The number of nitrogen functional groups attached to an aromatic ring is 1. The second-order valence-corrected chi connectivity index (χ2v) is 5.89. The number of aromatic nitrogens is 4. The van der Waals surface area contributed by atoms with E-state index >= 15 is 0 Å². The quantitative estimate of drug-likeness (QED) is 0.600. The van der Waals surface area contributed by atoms with Gasteiger partial charge in [0.25, 0.3) is 0 Å². The fraction of sp³-hybridized carbons (Fsp3) is 0.105. The first-order valence-electron chi connectivity index (χ1n) is 8.03. The van der Waals surface area contributed by atoms with Crippen molar-refractivity contribution in [1.29, 1.82) is 0 Å². The predicted molar refractivity (Wildman–Crippen MR) is 97.4 cm³/mol. The van der Waals surface area contributed by atoms with Crippen molar-refractivity contribution in [2.24, 2.45) is 0 Å². The van der Waals surface area contributed by atoms with Crippen LogP contribution in [0.3, 0.4) is 0 Å². The Morgan fingerprint density at radius 2 is 1.56 bits per heavy atom. The number of nitrogens with zero attached hydrogens (tertiary/aromatic N) is 3. The number of hydrogen-bond donors (Lipinski definition) is 2. The van der Waals surface area contributed by atoms with E-state index in [2.05, 4.69) is 15.0 Å². The molecule has 0 aliphatic rings. The van der Waals surface area contributed by atoms with Crippen LogP contribution in [0.5, 0.6) is 0 Å². The maximum absolute atomic E-state index is 12.5. The summed E-state index contributed by atoms with van der Waals surface area (Å²) in [4.78, 5) is 24.0. The Balaban J connectivity index is 1.81. The molecule has 0 aliphatic heterocycles. The second-order valence-electron chi connectivity index (χ2n) is 5.89. The molecule has 25 heavy (non-hydrogen) atoms. The van der Waals surface area contributed by atoms with Gasteiger partial charge >= 0.3 is 5.69 Å². The van der Waals surface area contributed by atoms with Crippen LogP contribution >= 0.6 is 0 Å². The molecule has 0 bridgehead atoms. The SMILES string of the molecule is Nc1nc(Cc2ccccc2)c2[nH]c(=O)n(Cc3ccccc3)c2n1. The van der Waals surface area contributed by atoms with Crippen LogP contribution in [-0.2, 0) is 13.0 Å². The van der Waals surface area contributed by atoms with Crippen molar-refractivity contribution in [3.63, 3.8) is 0 Å². The van der Waals surface area contributed by atoms with Gasteiger partial charge < -0.3 is 10.7 Å². The molecule has 4 aromatic rings. The van der Waals surface area contributed by atoms with Crippen LogP contribution in [0, 0.1) is 0 Å². The number of anilines is 1. The zero-order valence-electron chi connectivity index (χ0n) is 13.5. The van der Waals surface area contributed by atoms with Gasteiger partial charge in [-0.2, -0.15) is 4.98 Å². The van der Waals surface area contributed by atoms with Crippen LogP contribution in [0.1, 0.15) is 16.8 Å². The Bertz CT molecular complexity index is 1070. The fourth-order valence-corrected chi connectivity index (χ4v) is 2.94. The number of hydrogen-bond acceptors (Lipinski definition) is 4.